The Morgan fingerprint density at radius 2 is 1.62 bits per heavy atom. The van der Waals surface area contributed by atoms with Gasteiger partial charge in [-0.15, -0.1) is 0 Å². The standard InChI is InChI=1S/C36H50N4O2/c1-22-31(27-7-5-6-8-29(27)37-22)32-28(34(32,2)3)18-30(41)40(26-9-10-26)36(11-13-39(4)14-12-36)33(42)38-35-19-23-15-24(20-35)17-25(16-23)21-35/h5-8,23-26,28,32,37H,9-21H2,1-4H3,(H,38,42)/t23?,24?,25?,28-,32+,35?/m1/s1. The number of hydrogen-bond acceptors (Lipinski definition) is 3. The van der Waals surface area contributed by atoms with Gasteiger partial charge in [0.05, 0.1) is 0 Å². The van der Waals surface area contributed by atoms with E-state index >= 15 is 0 Å². The van der Waals surface area contributed by atoms with E-state index in [1.165, 1.54) is 41.4 Å². The van der Waals surface area contributed by atoms with Gasteiger partial charge in [0.1, 0.15) is 5.54 Å². The summed E-state index contributed by atoms with van der Waals surface area (Å²) in [6.45, 7) is 8.60. The van der Waals surface area contributed by atoms with Crippen molar-refractivity contribution < 1.29 is 9.59 Å². The number of nitrogens with one attached hydrogen (secondary N) is 2. The fourth-order valence-electron chi connectivity index (χ4n) is 11.0. The predicted molar refractivity (Wildman–Crippen MR) is 166 cm³/mol. The number of hydrogen-bond donors (Lipinski definition) is 2. The third-order valence-corrected chi connectivity index (χ3v) is 13.0. The summed E-state index contributed by atoms with van der Waals surface area (Å²) in [6.07, 6.45) is 11.7. The number of H-pyrrole nitrogens is 1. The van der Waals surface area contributed by atoms with Crippen LogP contribution < -0.4 is 5.32 Å². The van der Waals surface area contributed by atoms with Crippen molar-refractivity contribution in [1.29, 1.82) is 0 Å². The van der Waals surface area contributed by atoms with Crippen LogP contribution in [0.25, 0.3) is 10.9 Å². The minimum Gasteiger partial charge on any atom is -0.358 e. The van der Waals surface area contributed by atoms with Crippen molar-refractivity contribution in [2.75, 3.05) is 20.1 Å². The Morgan fingerprint density at radius 3 is 2.24 bits per heavy atom. The quantitative estimate of drug-likeness (QED) is 0.420. The molecular formula is C36H50N4O2. The number of aryl methyl sites for hydroxylation is 1. The molecule has 6 heteroatoms. The lowest BCUT2D eigenvalue weighted by molar-refractivity contribution is -0.155. The molecule has 1 aliphatic heterocycles. The number of likely N-dealkylation sites (tertiary alicyclic amines) is 1. The number of carbonyl (C=O) groups is 2. The van der Waals surface area contributed by atoms with Gasteiger partial charge in [-0.2, -0.15) is 0 Å². The van der Waals surface area contributed by atoms with Crippen molar-refractivity contribution >= 4 is 22.7 Å². The molecule has 1 aromatic carbocycles. The fraction of sp³-hybridized carbons (Fsp3) is 0.722. The summed E-state index contributed by atoms with van der Waals surface area (Å²) in [4.78, 5) is 37.4. The Bertz CT molecular complexity index is 1380. The summed E-state index contributed by atoms with van der Waals surface area (Å²) in [5.41, 5.74) is 3.12. The molecule has 2 atom stereocenters. The molecule has 9 rings (SSSR count). The van der Waals surface area contributed by atoms with Gasteiger partial charge in [-0.1, -0.05) is 32.0 Å². The smallest absolute Gasteiger partial charge is 0.246 e. The van der Waals surface area contributed by atoms with E-state index in [1.54, 1.807) is 0 Å². The van der Waals surface area contributed by atoms with E-state index in [0.717, 1.165) is 75.8 Å². The van der Waals surface area contributed by atoms with E-state index in [0.29, 0.717) is 18.3 Å². The number of amides is 2. The number of aromatic nitrogens is 1. The topological polar surface area (TPSA) is 68.4 Å². The van der Waals surface area contributed by atoms with Gasteiger partial charge in [0, 0.05) is 47.7 Å². The largest absolute Gasteiger partial charge is 0.358 e. The molecule has 7 aliphatic rings. The highest BCUT2D eigenvalue weighted by Crippen LogP contribution is 2.67. The van der Waals surface area contributed by atoms with Crippen LogP contribution in [0.4, 0.5) is 0 Å². The van der Waals surface area contributed by atoms with Crippen LogP contribution in [0.2, 0.25) is 0 Å². The Labute approximate surface area is 251 Å². The summed E-state index contributed by atoms with van der Waals surface area (Å²) in [5.74, 6) is 3.40. The first kappa shape index (κ1) is 27.2. The van der Waals surface area contributed by atoms with Crippen molar-refractivity contribution in [2.24, 2.45) is 29.1 Å². The highest BCUT2D eigenvalue weighted by Gasteiger charge is 2.62. The number of rotatable bonds is 7. The lowest BCUT2D eigenvalue weighted by atomic mass is 9.53. The summed E-state index contributed by atoms with van der Waals surface area (Å²) < 4.78 is 0. The molecular weight excluding hydrogens is 520 g/mol. The Morgan fingerprint density at radius 1 is 1.00 bits per heavy atom. The van der Waals surface area contributed by atoms with Gasteiger partial charge in [-0.05, 0) is 125 Å². The molecule has 6 aliphatic carbocycles. The average molecular weight is 571 g/mol. The first-order chi connectivity index (χ1) is 20.1. The van der Waals surface area contributed by atoms with Crippen molar-refractivity contribution in [1.82, 2.24) is 20.1 Å². The van der Waals surface area contributed by atoms with E-state index < -0.39 is 5.54 Å². The number of piperidine rings is 1. The molecule has 1 aromatic heterocycles. The van der Waals surface area contributed by atoms with E-state index in [9.17, 15) is 9.59 Å². The average Bonchev–Trinajstić information content (AvgIpc) is 3.81. The summed E-state index contributed by atoms with van der Waals surface area (Å²) in [7, 11) is 2.16. The van der Waals surface area contributed by atoms with Crippen LogP contribution >= 0.6 is 0 Å². The normalized spacial score (nSPS) is 36.2. The molecule has 0 unspecified atom stereocenters. The minimum atomic E-state index is -0.709. The van der Waals surface area contributed by atoms with Crippen LogP contribution in [-0.2, 0) is 9.59 Å². The molecule has 226 valence electrons. The molecule has 42 heavy (non-hydrogen) atoms. The van der Waals surface area contributed by atoms with Crippen molar-refractivity contribution in [2.45, 2.75) is 114 Å². The number of fused-ring (bicyclic) bond motifs is 1. The van der Waals surface area contributed by atoms with Crippen LogP contribution in [0, 0.1) is 36.0 Å². The van der Waals surface area contributed by atoms with Gasteiger partial charge in [-0.25, -0.2) is 0 Å². The van der Waals surface area contributed by atoms with Crippen LogP contribution in [0.5, 0.6) is 0 Å². The number of para-hydroxylation sites is 1. The summed E-state index contributed by atoms with van der Waals surface area (Å²) >= 11 is 0. The van der Waals surface area contributed by atoms with Crippen molar-refractivity contribution in [3.8, 4) is 0 Å². The van der Waals surface area contributed by atoms with Crippen LogP contribution in [0.1, 0.15) is 102 Å². The third kappa shape index (κ3) is 4.21. The Balaban J connectivity index is 1.08. The van der Waals surface area contributed by atoms with Crippen LogP contribution in [-0.4, -0.2) is 63.9 Å². The highest BCUT2D eigenvalue weighted by molar-refractivity contribution is 5.93. The molecule has 1 saturated heterocycles. The van der Waals surface area contributed by atoms with Gasteiger partial charge >= 0.3 is 0 Å². The Kier molecular flexibility index (Phi) is 6.05. The maximum Gasteiger partial charge on any atom is 0.246 e. The monoisotopic (exact) mass is 570 g/mol. The number of nitrogens with zero attached hydrogens (tertiary/aromatic N) is 2. The van der Waals surface area contributed by atoms with Crippen LogP contribution in [0.3, 0.4) is 0 Å². The zero-order chi connectivity index (χ0) is 29.0. The second-order valence-electron chi connectivity index (χ2n) is 16.3. The molecule has 2 heterocycles. The van der Waals surface area contributed by atoms with Crippen molar-refractivity contribution in [3.63, 3.8) is 0 Å². The number of aromatic amines is 1. The molecule has 4 bridgehead atoms. The third-order valence-electron chi connectivity index (χ3n) is 13.0. The first-order valence-electron chi connectivity index (χ1n) is 17.0. The minimum absolute atomic E-state index is 0.0309. The molecule has 2 amide bonds. The fourth-order valence-corrected chi connectivity index (χ4v) is 11.0. The van der Waals surface area contributed by atoms with Gasteiger partial charge in [0.2, 0.25) is 11.8 Å². The molecule has 7 fully saturated rings. The van der Waals surface area contributed by atoms with E-state index in [4.69, 9.17) is 0 Å². The number of carbonyl (C=O) groups excluding carboxylic acids is 2. The van der Waals surface area contributed by atoms with E-state index in [2.05, 4.69) is 72.2 Å². The zero-order valence-electron chi connectivity index (χ0n) is 26.2. The highest BCUT2D eigenvalue weighted by atomic mass is 16.2. The van der Waals surface area contributed by atoms with E-state index in [-0.39, 0.29) is 28.8 Å². The van der Waals surface area contributed by atoms with Crippen molar-refractivity contribution in [3.05, 3.63) is 35.5 Å². The second-order valence-corrected chi connectivity index (χ2v) is 16.3. The molecule has 2 aromatic rings. The summed E-state index contributed by atoms with van der Waals surface area (Å²) in [5, 5.41) is 5.05. The summed E-state index contributed by atoms with van der Waals surface area (Å²) in [6, 6.07) is 8.81. The van der Waals surface area contributed by atoms with Crippen LogP contribution in [0.15, 0.2) is 24.3 Å². The lowest BCUT2D eigenvalue weighted by Crippen LogP contribution is -2.69. The number of benzene rings is 1. The molecule has 2 N–H and O–H groups in total. The first-order valence-corrected chi connectivity index (χ1v) is 17.0. The van der Waals surface area contributed by atoms with Gasteiger partial charge in [-0.3, -0.25) is 9.59 Å². The Hall–Kier alpha value is -2.34. The van der Waals surface area contributed by atoms with E-state index in [1.807, 2.05) is 0 Å². The maximum absolute atomic E-state index is 14.7. The zero-order valence-corrected chi connectivity index (χ0v) is 26.2. The molecule has 6 saturated carbocycles. The van der Waals surface area contributed by atoms with Gasteiger partial charge in [0.15, 0.2) is 0 Å². The molecule has 0 spiro atoms. The SMILES string of the molecule is Cc1[nH]c2ccccc2c1[C@@H]1[C@@H](CC(=O)N(C2CC2)C2(C(=O)NC34CC5CC(CC(C5)C3)C4)CCN(C)CC2)C1(C)C. The second kappa shape index (κ2) is 9.33. The van der Waals surface area contributed by atoms with Gasteiger partial charge < -0.3 is 20.1 Å². The predicted octanol–water partition coefficient (Wildman–Crippen LogP) is 6.15. The van der Waals surface area contributed by atoms with Gasteiger partial charge in [0.25, 0.3) is 0 Å². The molecule has 0 radical (unpaired) electrons. The molecule has 6 nitrogen and oxygen atoms in total. The lowest BCUT2D eigenvalue weighted by Gasteiger charge is -2.58. The maximum atomic E-state index is 14.7.